The van der Waals surface area contributed by atoms with E-state index in [1.165, 1.54) is 5.56 Å². The lowest BCUT2D eigenvalue weighted by molar-refractivity contribution is -0.118. The molecule has 0 aliphatic carbocycles. The van der Waals surface area contributed by atoms with Crippen LogP contribution < -0.4 is 4.90 Å². The third kappa shape index (κ3) is 3.71. The molecule has 25 heavy (non-hydrogen) atoms. The van der Waals surface area contributed by atoms with Crippen molar-refractivity contribution in [2.45, 2.75) is 26.2 Å². The van der Waals surface area contributed by atoms with Crippen LogP contribution in [0.4, 0.5) is 5.69 Å². The van der Waals surface area contributed by atoms with Gasteiger partial charge in [0.2, 0.25) is 5.91 Å². The summed E-state index contributed by atoms with van der Waals surface area (Å²) < 4.78 is 0. The van der Waals surface area contributed by atoms with Gasteiger partial charge in [0.1, 0.15) is 0 Å². The molecule has 0 spiro atoms. The van der Waals surface area contributed by atoms with Gasteiger partial charge >= 0.3 is 0 Å². The first-order valence-corrected chi connectivity index (χ1v) is 8.67. The predicted molar refractivity (Wildman–Crippen MR) is 97.7 cm³/mol. The summed E-state index contributed by atoms with van der Waals surface area (Å²) in [5, 5.41) is 0. The summed E-state index contributed by atoms with van der Waals surface area (Å²) in [6.45, 7) is 3.34. The van der Waals surface area contributed by atoms with Crippen molar-refractivity contribution in [3.8, 4) is 0 Å². The highest BCUT2D eigenvalue weighted by atomic mass is 16.2. The first-order valence-electron chi connectivity index (χ1n) is 8.67. The first kappa shape index (κ1) is 17.1. The Labute approximate surface area is 148 Å². The van der Waals surface area contributed by atoms with E-state index in [1.807, 2.05) is 42.2 Å². The summed E-state index contributed by atoms with van der Waals surface area (Å²) in [6, 6.07) is 9.60. The maximum atomic E-state index is 12.9. The highest BCUT2D eigenvalue weighted by Gasteiger charge is 2.23. The highest BCUT2D eigenvalue weighted by Crippen LogP contribution is 2.28. The van der Waals surface area contributed by atoms with Crippen LogP contribution in [0.25, 0.3) is 0 Å². The molecule has 1 aromatic carbocycles. The third-order valence-corrected chi connectivity index (χ3v) is 4.76. The molecule has 0 saturated carbocycles. The second kappa shape index (κ2) is 7.47. The van der Waals surface area contributed by atoms with Crippen molar-refractivity contribution >= 4 is 17.5 Å². The van der Waals surface area contributed by atoms with Gasteiger partial charge in [0.15, 0.2) is 0 Å². The quantitative estimate of drug-likeness (QED) is 0.843. The predicted octanol–water partition coefficient (Wildman–Crippen LogP) is 2.70. The lowest BCUT2D eigenvalue weighted by Crippen LogP contribution is -2.34. The number of fused-ring (bicyclic) bond motifs is 1. The standard InChI is InChI=1S/C20H23N3O2/c1-3-23(13-10-15-8-11-21-12-9-15)20(25)17-4-6-18-16(14-17)5-7-19(24)22(18)2/h4,6,8-9,11-12,14H,3,5,7,10,13H2,1-2H3. The Morgan fingerprint density at radius 3 is 2.68 bits per heavy atom. The van der Waals surface area contributed by atoms with Gasteiger partial charge < -0.3 is 9.80 Å². The Morgan fingerprint density at radius 2 is 1.96 bits per heavy atom. The van der Waals surface area contributed by atoms with E-state index in [-0.39, 0.29) is 11.8 Å². The average Bonchev–Trinajstić information content (AvgIpc) is 2.65. The molecule has 0 N–H and O–H groups in total. The summed E-state index contributed by atoms with van der Waals surface area (Å²) in [5.41, 5.74) is 3.84. The number of rotatable bonds is 5. The molecule has 5 nitrogen and oxygen atoms in total. The fourth-order valence-electron chi connectivity index (χ4n) is 3.19. The molecule has 0 unspecified atom stereocenters. The molecule has 3 rings (SSSR count). The first-order chi connectivity index (χ1) is 12.1. The summed E-state index contributed by atoms with van der Waals surface area (Å²) in [7, 11) is 1.79. The number of hydrogen-bond donors (Lipinski definition) is 0. The number of likely N-dealkylation sites (N-methyl/N-ethyl adjacent to an activating group) is 1. The van der Waals surface area contributed by atoms with Crippen molar-refractivity contribution in [1.82, 2.24) is 9.88 Å². The summed E-state index contributed by atoms with van der Waals surface area (Å²) in [5.74, 6) is 0.165. The molecule has 1 aromatic heterocycles. The number of carbonyl (C=O) groups excluding carboxylic acids is 2. The van der Waals surface area contributed by atoms with E-state index in [9.17, 15) is 9.59 Å². The Hall–Kier alpha value is -2.69. The summed E-state index contributed by atoms with van der Waals surface area (Å²) >= 11 is 0. The number of amides is 2. The monoisotopic (exact) mass is 337 g/mol. The topological polar surface area (TPSA) is 53.5 Å². The number of anilines is 1. The molecule has 1 aliphatic rings. The summed E-state index contributed by atoms with van der Waals surface area (Å²) in [6.07, 6.45) is 5.55. The van der Waals surface area contributed by atoms with Crippen LogP contribution in [-0.4, -0.2) is 41.8 Å². The molecule has 2 heterocycles. The van der Waals surface area contributed by atoms with Crippen LogP contribution in [0.15, 0.2) is 42.7 Å². The minimum Gasteiger partial charge on any atom is -0.339 e. The van der Waals surface area contributed by atoms with Crippen LogP contribution >= 0.6 is 0 Å². The molecule has 0 saturated heterocycles. The van der Waals surface area contributed by atoms with Gasteiger partial charge in [-0.3, -0.25) is 14.6 Å². The lowest BCUT2D eigenvalue weighted by atomic mass is 9.98. The van der Waals surface area contributed by atoms with Gasteiger partial charge in [-0.2, -0.15) is 0 Å². The molecular weight excluding hydrogens is 314 g/mol. The van der Waals surface area contributed by atoms with Crippen LogP contribution in [0, 0.1) is 0 Å². The number of aromatic nitrogens is 1. The minimum atomic E-state index is 0.0407. The Bertz CT molecular complexity index is 774. The number of aryl methyl sites for hydroxylation is 1. The Morgan fingerprint density at radius 1 is 1.20 bits per heavy atom. The highest BCUT2D eigenvalue weighted by molar-refractivity contribution is 5.98. The Balaban J connectivity index is 1.73. The largest absolute Gasteiger partial charge is 0.339 e. The van der Waals surface area contributed by atoms with Gasteiger partial charge in [0.05, 0.1) is 0 Å². The maximum Gasteiger partial charge on any atom is 0.253 e. The number of nitrogens with zero attached hydrogens (tertiary/aromatic N) is 3. The van der Waals surface area contributed by atoms with Crippen LogP contribution in [0.2, 0.25) is 0 Å². The van der Waals surface area contributed by atoms with Crippen LogP contribution in [-0.2, 0) is 17.6 Å². The van der Waals surface area contributed by atoms with Gasteiger partial charge in [-0.1, -0.05) is 0 Å². The zero-order valence-corrected chi connectivity index (χ0v) is 14.7. The zero-order chi connectivity index (χ0) is 17.8. The SMILES string of the molecule is CCN(CCc1ccncc1)C(=O)c1ccc2c(c1)CCC(=O)N2C. The zero-order valence-electron chi connectivity index (χ0n) is 14.7. The average molecular weight is 337 g/mol. The molecule has 0 bridgehead atoms. The molecule has 2 amide bonds. The van der Waals surface area contributed by atoms with Gasteiger partial charge in [-0.05, 0) is 61.2 Å². The minimum absolute atomic E-state index is 0.0407. The molecule has 5 heteroatoms. The van der Waals surface area contributed by atoms with Crippen molar-refractivity contribution < 1.29 is 9.59 Å². The van der Waals surface area contributed by atoms with Crippen molar-refractivity contribution in [3.05, 3.63) is 59.4 Å². The van der Waals surface area contributed by atoms with E-state index in [0.29, 0.717) is 31.5 Å². The lowest BCUT2D eigenvalue weighted by Gasteiger charge is -2.27. The van der Waals surface area contributed by atoms with Gasteiger partial charge in [0, 0.05) is 50.2 Å². The second-order valence-electron chi connectivity index (χ2n) is 6.29. The van der Waals surface area contributed by atoms with E-state index >= 15 is 0 Å². The number of hydrogen-bond acceptors (Lipinski definition) is 3. The normalized spacial score (nSPS) is 13.5. The van der Waals surface area contributed by atoms with E-state index in [1.54, 1.807) is 24.3 Å². The molecule has 0 atom stereocenters. The van der Waals surface area contributed by atoms with Crippen molar-refractivity contribution in [2.24, 2.45) is 0 Å². The van der Waals surface area contributed by atoms with Crippen LogP contribution in [0.3, 0.4) is 0 Å². The van der Waals surface area contributed by atoms with E-state index in [4.69, 9.17) is 0 Å². The third-order valence-electron chi connectivity index (χ3n) is 4.76. The molecule has 0 fully saturated rings. The fraction of sp³-hybridized carbons (Fsp3) is 0.350. The Kier molecular flexibility index (Phi) is 5.12. The molecule has 2 aromatic rings. The van der Waals surface area contributed by atoms with Crippen LogP contribution in [0.5, 0.6) is 0 Å². The van der Waals surface area contributed by atoms with E-state index in [0.717, 1.165) is 17.7 Å². The maximum absolute atomic E-state index is 12.9. The van der Waals surface area contributed by atoms with Gasteiger partial charge in [-0.25, -0.2) is 0 Å². The number of carbonyl (C=O) groups is 2. The van der Waals surface area contributed by atoms with E-state index < -0.39 is 0 Å². The van der Waals surface area contributed by atoms with Crippen molar-refractivity contribution in [2.75, 3.05) is 25.0 Å². The van der Waals surface area contributed by atoms with E-state index in [2.05, 4.69) is 4.98 Å². The second-order valence-corrected chi connectivity index (χ2v) is 6.29. The van der Waals surface area contributed by atoms with Crippen molar-refractivity contribution in [3.63, 3.8) is 0 Å². The molecule has 0 radical (unpaired) electrons. The summed E-state index contributed by atoms with van der Waals surface area (Å²) in [4.78, 5) is 32.2. The van der Waals surface area contributed by atoms with Gasteiger partial charge in [-0.15, -0.1) is 0 Å². The molecule has 1 aliphatic heterocycles. The van der Waals surface area contributed by atoms with Crippen molar-refractivity contribution in [1.29, 1.82) is 0 Å². The van der Waals surface area contributed by atoms with Gasteiger partial charge in [0.25, 0.3) is 5.91 Å². The molecule has 130 valence electrons. The van der Waals surface area contributed by atoms with Crippen LogP contribution in [0.1, 0.15) is 34.8 Å². The smallest absolute Gasteiger partial charge is 0.253 e. The fourth-order valence-corrected chi connectivity index (χ4v) is 3.19. The molecular formula is C20H23N3O2. The number of benzene rings is 1. The number of pyridine rings is 1.